The topological polar surface area (TPSA) is 45.2 Å². The Hall–Kier alpha value is -2.05. The van der Waals surface area contributed by atoms with Gasteiger partial charge in [0, 0.05) is 49.9 Å². The van der Waals surface area contributed by atoms with Crippen molar-refractivity contribution in [3.63, 3.8) is 0 Å². The highest BCUT2D eigenvalue weighted by atomic mass is 35.5. The summed E-state index contributed by atoms with van der Waals surface area (Å²) in [4.78, 5) is 4.73. The summed E-state index contributed by atoms with van der Waals surface area (Å²) in [7, 11) is 1.65. The Morgan fingerprint density at radius 3 is 2.47 bits per heavy atom. The van der Waals surface area contributed by atoms with Crippen LogP contribution in [-0.2, 0) is 13.0 Å². The third kappa shape index (κ3) is 6.74. The molecule has 1 saturated heterocycles. The average molecular weight is 431 g/mol. The largest absolute Gasteiger partial charge is 0.497 e. The van der Waals surface area contributed by atoms with Crippen molar-refractivity contribution in [1.82, 2.24) is 9.80 Å². The van der Waals surface area contributed by atoms with E-state index in [0.717, 1.165) is 54.8 Å². The normalized spacial score (nSPS) is 16.2. The summed E-state index contributed by atoms with van der Waals surface area (Å²) in [6.07, 6.45) is 1.99. The van der Waals surface area contributed by atoms with E-state index in [1.54, 1.807) is 7.11 Å². The molecule has 1 aliphatic heterocycles. The monoisotopic (exact) mass is 430 g/mol. The predicted molar refractivity (Wildman–Crippen MR) is 122 cm³/mol. The number of hydrogen-bond donors (Lipinski definition) is 1. The summed E-state index contributed by atoms with van der Waals surface area (Å²) >= 11 is 5.96. The van der Waals surface area contributed by atoms with Crippen LogP contribution in [0, 0.1) is 0 Å². The Kier molecular flexibility index (Phi) is 8.58. The fourth-order valence-electron chi connectivity index (χ4n) is 3.65. The van der Waals surface area contributed by atoms with Gasteiger partial charge in [0.2, 0.25) is 0 Å². The Balaban J connectivity index is 1.42. The van der Waals surface area contributed by atoms with Gasteiger partial charge in [0.05, 0.1) is 7.11 Å². The van der Waals surface area contributed by atoms with Crippen molar-refractivity contribution in [2.75, 3.05) is 46.4 Å². The van der Waals surface area contributed by atoms with Crippen molar-refractivity contribution >= 4 is 11.6 Å². The highest BCUT2D eigenvalue weighted by molar-refractivity contribution is 6.30. The summed E-state index contributed by atoms with van der Waals surface area (Å²) in [5.41, 5.74) is 2.28. The molecular formula is C24H31ClN2O3. The van der Waals surface area contributed by atoms with Crippen LogP contribution in [0.25, 0.3) is 0 Å². The Morgan fingerprint density at radius 1 is 1.10 bits per heavy atom. The van der Waals surface area contributed by atoms with Crippen molar-refractivity contribution in [2.24, 2.45) is 0 Å². The van der Waals surface area contributed by atoms with Gasteiger partial charge in [0.25, 0.3) is 0 Å². The van der Waals surface area contributed by atoms with E-state index in [0.29, 0.717) is 13.0 Å². The maximum atomic E-state index is 10.5. The second-order valence-corrected chi connectivity index (χ2v) is 8.07. The van der Waals surface area contributed by atoms with Gasteiger partial charge in [-0.1, -0.05) is 29.8 Å². The molecule has 3 rings (SSSR count). The number of hydrogen-bond acceptors (Lipinski definition) is 5. The van der Waals surface area contributed by atoms with Crippen molar-refractivity contribution in [1.29, 1.82) is 0 Å². The summed E-state index contributed by atoms with van der Waals surface area (Å²) in [5, 5.41) is 11.2. The molecule has 0 aromatic heterocycles. The molecule has 0 saturated carbocycles. The number of allylic oxidation sites excluding steroid dienone is 1. The van der Waals surface area contributed by atoms with E-state index < -0.39 is 6.10 Å². The van der Waals surface area contributed by atoms with Crippen molar-refractivity contribution in [3.8, 4) is 11.5 Å². The van der Waals surface area contributed by atoms with E-state index in [2.05, 4.69) is 28.5 Å². The Bertz CT molecular complexity index is 805. The van der Waals surface area contributed by atoms with Crippen molar-refractivity contribution in [3.05, 3.63) is 71.3 Å². The van der Waals surface area contributed by atoms with E-state index in [4.69, 9.17) is 21.1 Å². The van der Waals surface area contributed by atoms with Gasteiger partial charge in [-0.3, -0.25) is 9.80 Å². The third-order valence-corrected chi connectivity index (χ3v) is 5.57. The van der Waals surface area contributed by atoms with Gasteiger partial charge < -0.3 is 14.6 Å². The number of methoxy groups -OCH3 is 1. The lowest BCUT2D eigenvalue weighted by atomic mass is 10.1. The van der Waals surface area contributed by atoms with E-state index in [1.807, 2.05) is 36.4 Å². The SMILES string of the molecule is C=CCc1cc(OC)ccc1OC[C@H](O)CN1CCN(Cc2ccc(Cl)cc2)CC1. The number of aliphatic hydroxyl groups is 1. The maximum absolute atomic E-state index is 10.5. The second kappa shape index (κ2) is 11.4. The maximum Gasteiger partial charge on any atom is 0.123 e. The van der Waals surface area contributed by atoms with Gasteiger partial charge in [0.15, 0.2) is 0 Å². The van der Waals surface area contributed by atoms with Crippen LogP contribution in [-0.4, -0.2) is 67.5 Å². The van der Waals surface area contributed by atoms with E-state index >= 15 is 0 Å². The number of aliphatic hydroxyl groups excluding tert-OH is 1. The van der Waals surface area contributed by atoms with Crippen LogP contribution in [0.3, 0.4) is 0 Å². The number of piperazine rings is 1. The van der Waals surface area contributed by atoms with Crippen LogP contribution in [0.4, 0.5) is 0 Å². The van der Waals surface area contributed by atoms with Crippen LogP contribution in [0.5, 0.6) is 11.5 Å². The first-order chi connectivity index (χ1) is 14.6. The molecule has 1 atom stereocenters. The average Bonchev–Trinajstić information content (AvgIpc) is 2.76. The predicted octanol–water partition coefficient (Wildman–Crippen LogP) is 3.63. The lowest BCUT2D eigenvalue weighted by Gasteiger charge is -2.35. The molecule has 6 heteroatoms. The van der Waals surface area contributed by atoms with E-state index in [9.17, 15) is 5.11 Å². The van der Waals surface area contributed by atoms with Gasteiger partial charge in [0.1, 0.15) is 24.2 Å². The quantitative estimate of drug-likeness (QED) is 0.583. The first-order valence-electron chi connectivity index (χ1n) is 10.3. The molecule has 1 N–H and O–H groups in total. The van der Waals surface area contributed by atoms with Crippen LogP contribution < -0.4 is 9.47 Å². The Morgan fingerprint density at radius 2 is 1.80 bits per heavy atom. The minimum atomic E-state index is -0.536. The number of ether oxygens (including phenoxy) is 2. The van der Waals surface area contributed by atoms with Crippen LogP contribution in [0.2, 0.25) is 5.02 Å². The minimum Gasteiger partial charge on any atom is -0.497 e. The first kappa shape index (κ1) is 22.6. The highest BCUT2D eigenvalue weighted by Crippen LogP contribution is 2.25. The van der Waals surface area contributed by atoms with E-state index in [1.165, 1.54) is 5.56 Å². The molecule has 0 amide bonds. The van der Waals surface area contributed by atoms with Crippen LogP contribution in [0.15, 0.2) is 55.1 Å². The fraction of sp³-hybridized carbons (Fsp3) is 0.417. The number of halogens is 1. The molecule has 30 heavy (non-hydrogen) atoms. The highest BCUT2D eigenvalue weighted by Gasteiger charge is 2.20. The molecule has 0 unspecified atom stereocenters. The second-order valence-electron chi connectivity index (χ2n) is 7.63. The van der Waals surface area contributed by atoms with Crippen molar-refractivity contribution < 1.29 is 14.6 Å². The molecule has 1 fully saturated rings. The number of benzene rings is 2. The molecule has 5 nitrogen and oxygen atoms in total. The van der Waals surface area contributed by atoms with Gasteiger partial charge in [-0.05, 0) is 42.3 Å². The molecule has 0 bridgehead atoms. The number of β-amino-alcohol motifs (C(OH)–C–C–N with tert-alkyl or cyclic N) is 1. The standard InChI is InChI=1S/C24H31ClN2O3/c1-3-4-20-15-23(29-2)9-10-24(20)30-18-22(28)17-27-13-11-26(12-14-27)16-19-5-7-21(25)8-6-19/h3,5-10,15,22,28H,1,4,11-14,16-18H2,2H3/t22-/m1/s1. The Labute approximate surface area is 184 Å². The van der Waals surface area contributed by atoms with Gasteiger partial charge in [-0.15, -0.1) is 6.58 Å². The molecule has 2 aromatic carbocycles. The number of nitrogens with zero attached hydrogens (tertiary/aromatic N) is 2. The summed E-state index contributed by atoms with van der Waals surface area (Å²) in [6, 6.07) is 13.7. The molecule has 0 radical (unpaired) electrons. The molecule has 0 spiro atoms. The zero-order chi connectivity index (χ0) is 21.3. The summed E-state index contributed by atoms with van der Waals surface area (Å²) in [5.74, 6) is 1.55. The molecule has 162 valence electrons. The molecule has 0 aliphatic carbocycles. The number of rotatable bonds is 10. The lowest BCUT2D eigenvalue weighted by Crippen LogP contribution is -2.48. The lowest BCUT2D eigenvalue weighted by molar-refractivity contribution is 0.0444. The van der Waals surface area contributed by atoms with Crippen LogP contribution >= 0.6 is 11.6 Å². The molecule has 2 aromatic rings. The van der Waals surface area contributed by atoms with Gasteiger partial charge in [-0.2, -0.15) is 0 Å². The van der Waals surface area contributed by atoms with Gasteiger partial charge >= 0.3 is 0 Å². The molecule has 1 aliphatic rings. The van der Waals surface area contributed by atoms with Gasteiger partial charge in [-0.25, -0.2) is 0 Å². The zero-order valence-corrected chi connectivity index (χ0v) is 18.4. The smallest absolute Gasteiger partial charge is 0.123 e. The summed E-state index contributed by atoms with van der Waals surface area (Å²) < 4.78 is 11.2. The van der Waals surface area contributed by atoms with Crippen LogP contribution in [0.1, 0.15) is 11.1 Å². The fourth-order valence-corrected chi connectivity index (χ4v) is 3.78. The molecule has 1 heterocycles. The first-order valence-corrected chi connectivity index (χ1v) is 10.7. The summed E-state index contributed by atoms with van der Waals surface area (Å²) in [6.45, 7) is 9.46. The zero-order valence-electron chi connectivity index (χ0n) is 17.6. The van der Waals surface area contributed by atoms with Crippen molar-refractivity contribution in [2.45, 2.75) is 19.1 Å². The molecular weight excluding hydrogens is 400 g/mol. The third-order valence-electron chi connectivity index (χ3n) is 5.32. The minimum absolute atomic E-state index is 0.265. The van der Waals surface area contributed by atoms with E-state index in [-0.39, 0.29) is 6.61 Å².